The Hall–Kier alpha value is -3.95. The third-order valence-corrected chi connectivity index (χ3v) is 6.16. The van der Waals surface area contributed by atoms with Crippen molar-refractivity contribution in [1.29, 1.82) is 0 Å². The minimum atomic E-state index is -0.0974. The van der Waals surface area contributed by atoms with E-state index in [2.05, 4.69) is 32.6 Å². The molecule has 5 rings (SSSR count). The summed E-state index contributed by atoms with van der Waals surface area (Å²) < 4.78 is 7.27. The molecule has 0 saturated heterocycles. The highest BCUT2D eigenvalue weighted by molar-refractivity contribution is 7.09. The van der Waals surface area contributed by atoms with Crippen LogP contribution in [0, 0.1) is 6.92 Å². The van der Waals surface area contributed by atoms with Gasteiger partial charge in [-0.05, 0) is 25.6 Å². The van der Waals surface area contributed by atoms with Gasteiger partial charge in [0.25, 0.3) is 5.56 Å². The molecule has 5 aromatic rings. The van der Waals surface area contributed by atoms with Crippen LogP contribution < -0.4 is 10.9 Å². The fourth-order valence-corrected chi connectivity index (χ4v) is 4.24. The Labute approximate surface area is 200 Å². The molecule has 4 aromatic heterocycles. The highest BCUT2D eigenvalue weighted by Gasteiger charge is 2.15. The number of thiazole rings is 1. The third kappa shape index (κ3) is 4.57. The van der Waals surface area contributed by atoms with Gasteiger partial charge in [-0.15, -0.1) is 11.3 Å². The summed E-state index contributed by atoms with van der Waals surface area (Å²) in [5, 5.41) is 10.1. The van der Waals surface area contributed by atoms with Crippen molar-refractivity contribution in [3.8, 4) is 34.0 Å². The minimum Gasteiger partial charge on any atom is -0.354 e. The number of aromatic nitrogens is 5. The van der Waals surface area contributed by atoms with Crippen LogP contribution in [0.25, 0.3) is 34.0 Å². The fourth-order valence-electron chi connectivity index (χ4n) is 3.63. The molecule has 1 N–H and O–H groups in total. The monoisotopic (exact) mass is 470 g/mol. The lowest BCUT2D eigenvalue weighted by Gasteiger charge is -2.08. The quantitative estimate of drug-likeness (QED) is 0.381. The number of hydrogen-bond donors (Lipinski definition) is 1. The number of hydrogen-bond acceptors (Lipinski definition) is 8. The Balaban J connectivity index is 1.45. The standard InChI is InChI=1S/C25H22N6O2S/c1-16-25(22-11-20(30-33-22)18-5-3-17(4-6-18)12-26-2)29-21(13-28-16)19-7-8-24(32)31(14-19)15-23-27-9-10-34-23/h3-11,13-14,26H,12,15H2,1-2H3. The van der Waals surface area contributed by atoms with E-state index in [4.69, 9.17) is 9.51 Å². The van der Waals surface area contributed by atoms with Gasteiger partial charge in [-0.1, -0.05) is 29.4 Å². The Morgan fingerprint density at radius 3 is 2.65 bits per heavy atom. The zero-order chi connectivity index (χ0) is 23.5. The number of rotatable bonds is 7. The van der Waals surface area contributed by atoms with Crippen LogP contribution in [0.4, 0.5) is 0 Å². The van der Waals surface area contributed by atoms with E-state index in [0.717, 1.165) is 34.1 Å². The highest BCUT2D eigenvalue weighted by atomic mass is 32.1. The van der Waals surface area contributed by atoms with Crippen molar-refractivity contribution in [1.82, 2.24) is 30.0 Å². The molecule has 9 heteroatoms. The van der Waals surface area contributed by atoms with Gasteiger partial charge in [0.15, 0.2) is 5.76 Å². The van der Waals surface area contributed by atoms with Gasteiger partial charge in [-0.2, -0.15) is 0 Å². The molecule has 1 aromatic carbocycles. The Kier molecular flexibility index (Phi) is 6.11. The summed E-state index contributed by atoms with van der Waals surface area (Å²) >= 11 is 1.51. The number of benzene rings is 1. The molecule has 0 unspecified atom stereocenters. The van der Waals surface area contributed by atoms with E-state index in [-0.39, 0.29) is 5.56 Å². The van der Waals surface area contributed by atoms with Crippen LogP contribution in [-0.2, 0) is 13.1 Å². The summed E-state index contributed by atoms with van der Waals surface area (Å²) in [4.78, 5) is 25.9. The van der Waals surface area contributed by atoms with Crippen LogP contribution in [0.15, 0.2) is 75.8 Å². The third-order valence-electron chi connectivity index (χ3n) is 5.40. The van der Waals surface area contributed by atoms with Crippen molar-refractivity contribution in [3.05, 3.63) is 93.1 Å². The summed E-state index contributed by atoms with van der Waals surface area (Å²) in [6.45, 7) is 3.10. The Morgan fingerprint density at radius 1 is 1.06 bits per heavy atom. The molecule has 0 aliphatic rings. The summed E-state index contributed by atoms with van der Waals surface area (Å²) in [5.74, 6) is 0.539. The van der Waals surface area contributed by atoms with E-state index in [0.29, 0.717) is 23.7 Å². The van der Waals surface area contributed by atoms with Crippen LogP contribution in [0.1, 0.15) is 16.3 Å². The first kappa shape index (κ1) is 21.9. The first-order valence-corrected chi connectivity index (χ1v) is 11.6. The molecule has 8 nitrogen and oxygen atoms in total. The number of nitrogens with one attached hydrogen (secondary N) is 1. The first-order valence-electron chi connectivity index (χ1n) is 10.7. The van der Waals surface area contributed by atoms with E-state index in [1.54, 1.807) is 29.2 Å². The Bertz CT molecular complexity index is 1470. The second-order valence-electron chi connectivity index (χ2n) is 7.80. The molecule has 34 heavy (non-hydrogen) atoms. The van der Waals surface area contributed by atoms with Crippen molar-refractivity contribution in [3.63, 3.8) is 0 Å². The molecule has 0 bridgehead atoms. The van der Waals surface area contributed by atoms with Crippen LogP contribution in [0.3, 0.4) is 0 Å². The van der Waals surface area contributed by atoms with Gasteiger partial charge in [-0.25, -0.2) is 9.97 Å². The average Bonchev–Trinajstić information content (AvgIpc) is 3.54. The summed E-state index contributed by atoms with van der Waals surface area (Å²) in [5.41, 5.74) is 5.56. The predicted octanol–water partition coefficient (Wildman–Crippen LogP) is 4.16. The molecular formula is C25H22N6O2S. The van der Waals surface area contributed by atoms with Crippen LogP contribution >= 0.6 is 11.3 Å². The molecule has 0 atom stereocenters. The lowest BCUT2D eigenvalue weighted by Crippen LogP contribution is -2.19. The summed E-state index contributed by atoms with van der Waals surface area (Å²) in [6, 6.07) is 13.3. The maximum atomic E-state index is 12.3. The predicted molar refractivity (Wildman–Crippen MR) is 131 cm³/mol. The molecule has 4 heterocycles. The molecule has 0 spiro atoms. The molecule has 0 radical (unpaired) electrons. The average molecular weight is 471 g/mol. The van der Waals surface area contributed by atoms with Crippen molar-refractivity contribution in [2.24, 2.45) is 0 Å². The lowest BCUT2D eigenvalue weighted by atomic mass is 10.1. The van der Waals surface area contributed by atoms with Gasteiger partial charge < -0.3 is 14.4 Å². The van der Waals surface area contributed by atoms with Crippen LogP contribution in [0.2, 0.25) is 0 Å². The lowest BCUT2D eigenvalue weighted by molar-refractivity contribution is 0.433. The second-order valence-corrected chi connectivity index (χ2v) is 8.78. The zero-order valence-corrected chi connectivity index (χ0v) is 19.5. The maximum Gasteiger partial charge on any atom is 0.250 e. The molecule has 0 saturated carbocycles. The van der Waals surface area contributed by atoms with Gasteiger partial charge in [0.2, 0.25) is 0 Å². The summed E-state index contributed by atoms with van der Waals surface area (Å²) in [7, 11) is 1.92. The van der Waals surface area contributed by atoms with Crippen molar-refractivity contribution < 1.29 is 4.52 Å². The van der Waals surface area contributed by atoms with E-state index in [1.807, 2.05) is 37.6 Å². The Morgan fingerprint density at radius 2 is 1.88 bits per heavy atom. The second kappa shape index (κ2) is 9.50. The molecular weight excluding hydrogens is 448 g/mol. The van der Waals surface area contributed by atoms with E-state index in [9.17, 15) is 4.79 Å². The van der Waals surface area contributed by atoms with Gasteiger partial charge >= 0.3 is 0 Å². The first-order chi connectivity index (χ1) is 16.6. The van der Waals surface area contributed by atoms with Crippen LogP contribution in [0.5, 0.6) is 0 Å². The smallest absolute Gasteiger partial charge is 0.250 e. The fraction of sp³-hybridized carbons (Fsp3) is 0.160. The van der Waals surface area contributed by atoms with Gasteiger partial charge in [0.05, 0.1) is 24.1 Å². The van der Waals surface area contributed by atoms with Gasteiger partial charge in [-0.3, -0.25) is 9.78 Å². The van der Waals surface area contributed by atoms with E-state index < -0.39 is 0 Å². The van der Waals surface area contributed by atoms with E-state index >= 15 is 0 Å². The SMILES string of the molecule is CNCc1ccc(-c2cc(-c3nc(-c4ccc(=O)n(Cc5nccs5)c4)cnc3C)on2)cc1. The number of nitrogens with zero attached hydrogens (tertiary/aromatic N) is 5. The highest BCUT2D eigenvalue weighted by Crippen LogP contribution is 2.28. The van der Waals surface area contributed by atoms with Crippen molar-refractivity contribution in [2.75, 3.05) is 7.05 Å². The molecule has 170 valence electrons. The zero-order valence-electron chi connectivity index (χ0n) is 18.7. The molecule has 0 fully saturated rings. The normalized spacial score (nSPS) is 11.1. The molecule has 0 aliphatic heterocycles. The van der Waals surface area contributed by atoms with Crippen molar-refractivity contribution in [2.45, 2.75) is 20.0 Å². The van der Waals surface area contributed by atoms with Crippen molar-refractivity contribution >= 4 is 11.3 Å². The van der Waals surface area contributed by atoms with Gasteiger partial charge in [0, 0.05) is 47.6 Å². The number of aryl methyl sites for hydroxylation is 1. The maximum absolute atomic E-state index is 12.3. The van der Waals surface area contributed by atoms with E-state index in [1.165, 1.54) is 23.0 Å². The summed E-state index contributed by atoms with van der Waals surface area (Å²) in [6.07, 6.45) is 5.21. The number of pyridine rings is 1. The van der Waals surface area contributed by atoms with Crippen LogP contribution in [-0.4, -0.2) is 31.7 Å². The topological polar surface area (TPSA) is 98.7 Å². The minimum absolute atomic E-state index is 0.0974. The molecule has 0 aliphatic carbocycles. The molecule has 0 amide bonds. The van der Waals surface area contributed by atoms with Gasteiger partial charge in [0.1, 0.15) is 16.4 Å². The largest absolute Gasteiger partial charge is 0.354 e.